The van der Waals surface area contributed by atoms with Crippen molar-refractivity contribution in [3.63, 3.8) is 0 Å². The van der Waals surface area contributed by atoms with Crippen molar-refractivity contribution in [3.8, 4) is 0 Å². The van der Waals surface area contributed by atoms with E-state index in [0.717, 1.165) is 9.52 Å². The molecule has 24 heavy (non-hydrogen) atoms. The van der Waals surface area contributed by atoms with Gasteiger partial charge in [0.25, 0.3) is 0 Å². The van der Waals surface area contributed by atoms with Crippen molar-refractivity contribution in [3.05, 3.63) is 59.7 Å². The second-order valence-corrected chi connectivity index (χ2v) is 8.58. The summed E-state index contributed by atoms with van der Waals surface area (Å²) in [7, 11) is 0.750. The molecule has 2 aromatic carbocycles. The van der Waals surface area contributed by atoms with Crippen LogP contribution in [-0.2, 0) is 36.7 Å². The third-order valence-electron chi connectivity index (χ3n) is 3.06. The molecule has 0 aliphatic carbocycles. The molecule has 0 unspecified atom stereocenters. The zero-order chi connectivity index (χ0) is 16.5. The summed E-state index contributed by atoms with van der Waals surface area (Å²) < 4.78 is 0. The van der Waals surface area contributed by atoms with Crippen LogP contribution in [0.2, 0.25) is 13.1 Å². The van der Waals surface area contributed by atoms with E-state index < -0.39 is 0 Å². The molecule has 0 aromatic heterocycles. The first-order chi connectivity index (χ1) is 9.62. The second kappa shape index (κ2) is 15.6. The predicted octanol–water partition coefficient (Wildman–Crippen LogP) is -0.0694. The fourth-order valence-electron chi connectivity index (χ4n) is 1.75. The summed E-state index contributed by atoms with van der Waals surface area (Å²) in [6.45, 7) is 17.8. The van der Waals surface area contributed by atoms with Gasteiger partial charge in [-0.3, -0.25) is 0 Å². The van der Waals surface area contributed by atoms with Gasteiger partial charge in [0.2, 0.25) is 0 Å². The predicted molar refractivity (Wildman–Crippen MR) is 100 cm³/mol. The number of rotatable bonds is 0. The third-order valence-corrected chi connectivity index (χ3v) is 3.06. The smallest absolute Gasteiger partial charge is 1.00 e. The summed E-state index contributed by atoms with van der Waals surface area (Å²) in [4.78, 5) is 0. The zero-order valence-corrected chi connectivity index (χ0v) is 22.7. The van der Waals surface area contributed by atoms with Crippen LogP contribution in [0.3, 0.4) is 0 Å². The summed E-state index contributed by atoms with van der Waals surface area (Å²) in [5, 5.41) is 0. The quantitative estimate of drug-likeness (QED) is 0.318. The van der Waals surface area contributed by atoms with E-state index in [4.69, 9.17) is 0 Å². The minimum atomic E-state index is 0. The maximum absolute atomic E-state index is 2.22. The summed E-state index contributed by atoms with van der Waals surface area (Å²) >= 11 is 0. The van der Waals surface area contributed by atoms with Gasteiger partial charge in [0.15, 0.2) is 0 Å². The first kappa shape index (κ1) is 32.1. The fraction of sp³-hybridized carbons (Fsp3) is 0.500. The van der Waals surface area contributed by atoms with Gasteiger partial charge >= 0.3 is 25.8 Å². The van der Waals surface area contributed by atoms with E-state index in [2.05, 4.69) is 103 Å². The van der Waals surface area contributed by atoms with E-state index in [1.807, 2.05) is 0 Å². The van der Waals surface area contributed by atoms with E-state index >= 15 is 0 Å². The SMILES string of the molecule is CC(C)(C)[c-]1cccc1.CC(C)(C)[c-]1cccc1.C[SiH]C.[Cl-].[Cl-].[Hf+4]. The summed E-state index contributed by atoms with van der Waals surface area (Å²) in [6.07, 6.45) is 0. The van der Waals surface area contributed by atoms with Crippen molar-refractivity contribution in [2.75, 3.05) is 0 Å². The Balaban J connectivity index is -0.000000130. The van der Waals surface area contributed by atoms with Crippen molar-refractivity contribution in [1.29, 1.82) is 0 Å². The molecule has 0 saturated carbocycles. The van der Waals surface area contributed by atoms with Crippen LogP contribution in [0.15, 0.2) is 48.5 Å². The summed E-state index contributed by atoms with van der Waals surface area (Å²) in [5.41, 5.74) is 3.48. The van der Waals surface area contributed by atoms with Crippen LogP contribution >= 0.6 is 0 Å². The average molecular weight is 551 g/mol. The van der Waals surface area contributed by atoms with Gasteiger partial charge in [0, 0.05) is 9.52 Å². The zero-order valence-electron chi connectivity index (χ0n) is 16.5. The van der Waals surface area contributed by atoms with Gasteiger partial charge < -0.3 is 24.8 Å². The largest absolute Gasteiger partial charge is 4.00 e. The molecule has 0 N–H and O–H groups in total. The van der Waals surface area contributed by atoms with Crippen LogP contribution in [0, 0.1) is 0 Å². The van der Waals surface area contributed by atoms with Gasteiger partial charge in [0.05, 0.1) is 0 Å². The number of halogens is 2. The van der Waals surface area contributed by atoms with Gasteiger partial charge in [0.1, 0.15) is 0 Å². The fourth-order valence-corrected chi connectivity index (χ4v) is 1.75. The van der Waals surface area contributed by atoms with Gasteiger partial charge in [-0.15, -0.1) is 0 Å². The molecule has 0 spiro atoms. The minimum Gasteiger partial charge on any atom is -1.00 e. The molecular formula is C20H33Cl2HfSi. The van der Waals surface area contributed by atoms with Crippen LogP contribution in [0.5, 0.6) is 0 Å². The standard InChI is InChI=1S/2C9H13.C2H7Si.2ClH.Hf/c2*1-9(2,3)8-6-4-5-7-8;1-3-2;;;/h2*4-7H,1-3H3;3H,1-2H3;2*1H;/q2*-1;;;;+4/p-2. The van der Waals surface area contributed by atoms with Crippen LogP contribution in [0.25, 0.3) is 0 Å². The van der Waals surface area contributed by atoms with Crippen LogP contribution in [0.4, 0.5) is 0 Å². The molecule has 0 amide bonds. The Morgan fingerprint density at radius 1 is 0.583 bits per heavy atom. The van der Waals surface area contributed by atoms with Crippen molar-refractivity contribution in [2.24, 2.45) is 0 Å². The minimum absolute atomic E-state index is 0. The Bertz CT molecular complexity index is 405. The van der Waals surface area contributed by atoms with E-state index in [9.17, 15) is 0 Å². The first-order valence-corrected chi connectivity index (χ1v) is 10.1. The molecular weight excluding hydrogens is 518 g/mol. The molecule has 0 atom stereocenters. The summed E-state index contributed by atoms with van der Waals surface area (Å²) in [5.74, 6) is 0. The van der Waals surface area contributed by atoms with Crippen molar-refractivity contribution in [1.82, 2.24) is 0 Å². The van der Waals surface area contributed by atoms with E-state index in [-0.39, 0.29) is 50.7 Å². The van der Waals surface area contributed by atoms with E-state index in [0.29, 0.717) is 10.8 Å². The molecule has 0 bridgehead atoms. The molecule has 0 nitrogen and oxygen atoms in total. The Hall–Kier alpha value is 0.367. The van der Waals surface area contributed by atoms with Gasteiger partial charge in [-0.05, 0) is 0 Å². The molecule has 0 aliphatic rings. The van der Waals surface area contributed by atoms with Crippen molar-refractivity contribution < 1.29 is 50.7 Å². The Kier molecular flexibility index (Phi) is 20.9. The van der Waals surface area contributed by atoms with Crippen LogP contribution in [-0.4, -0.2) is 9.52 Å². The normalized spacial score (nSPS) is 9.67. The summed E-state index contributed by atoms with van der Waals surface area (Å²) in [6, 6.07) is 17.0. The van der Waals surface area contributed by atoms with Crippen molar-refractivity contribution >= 4 is 9.52 Å². The molecule has 0 saturated heterocycles. The monoisotopic (exact) mass is 551 g/mol. The molecule has 1 radical (unpaired) electrons. The first-order valence-electron chi connectivity index (χ1n) is 7.81. The molecule has 0 aliphatic heterocycles. The van der Waals surface area contributed by atoms with E-state index in [1.165, 1.54) is 11.1 Å². The Morgan fingerprint density at radius 3 is 0.833 bits per heavy atom. The van der Waals surface area contributed by atoms with Gasteiger partial charge in [-0.25, -0.2) is 24.3 Å². The van der Waals surface area contributed by atoms with Crippen LogP contribution < -0.4 is 24.8 Å². The Morgan fingerprint density at radius 2 is 0.750 bits per heavy atom. The van der Waals surface area contributed by atoms with E-state index in [1.54, 1.807) is 0 Å². The molecule has 135 valence electrons. The topological polar surface area (TPSA) is 0 Å². The molecule has 0 heterocycles. The second-order valence-electron chi connectivity index (χ2n) is 7.42. The number of hydrogen-bond acceptors (Lipinski definition) is 0. The maximum atomic E-state index is 2.22. The van der Waals surface area contributed by atoms with Crippen molar-refractivity contribution in [2.45, 2.75) is 65.5 Å². The molecule has 2 rings (SSSR count). The molecule has 0 fully saturated rings. The molecule has 4 heteroatoms. The molecule has 2 aromatic rings. The third kappa shape index (κ3) is 14.7. The Labute approximate surface area is 184 Å². The van der Waals surface area contributed by atoms with Gasteiger partial charge in [-0.1, -0.05) is 65.5 Å². The number of hydrogen-bond donors (Lipinski definition) is 0. The van der Waals surface area contributed by atoms with Gasteiger partial charge in [-0.2, -0.15) is 35.4 Å². The maximum Gasteiger partial charge on any atom is 4.00 e. The average Bonchev–Trinajstić information content (AvgIpc) is 3.03. The van der Waals surface area contributed by atoms with Crippen LogP contribution in [0.1, 0.15) is 52.7 Å².